The number of aromatic hydroxyl groups is 1. The SMILES string of the molecule is COc1ccc(C(=O)C(=O)O)c(O)c1OC. The van der Waals surface area contributed by atoms with Crippen molar-refractivity contribution in [1.29, 1.82) is 0 Å². The summed E-state index contributed by atoms with van der Waals surface area (Å²) in [6.07, 6.45) is 0. The van der Waals surface area contributed by atoms with E-state index in [-0.39, 0.29) is 17.1 Å². The third-order valence-electron chi connectivity index (χ3n) is 1.96. The molecule has 6 heteroatoms. The first-order chi connectivity index (χ1) is 7.52. The van der Waals surface area contributed by atoms with Gasteiger partial charge in [-0.25, -0.2) is 4.79 Å². The maximum Gasteiger partial charge on any atom is 0.377 e. The van der Waals surface area contributed by atoms with Gasteiger partial charge >= 0.3 is 5.97 Å². The van der Waals surface area contributed by atoms with Crippen molar-refractivity contribution < 1.29 is 29.3 Å². The van der Waals surface area contributed by atoms with Crippen molar-refractivity contribution in [3.8, 4) is 17.2 Å². The van der Waals surface area contributed by atoms with Crippen LogP contribution in [0.25, 0.3) is 0 Å². The number of ketones is 1. The van der Waals surface area contributed by atoms with E-state index in [1.807, 2.05) is 0 Å². The van der Waals surface area contributed by atoms with Gasteiger partial charge in [0, 0.05) is 0 Å². The first kappa shape index (κ1) is 11.8. The number of carbonyl (C=O) groups is 2. The lowest BCUT2D eigenvalue weighted by Crippen LogP contribution is -2.13. The minimum atomic E-state index is -1.65. The van der Waals surface area contributed by atoms with Crippen LogP contribution in [0.5, 0.6) is 17.2 Å². The summed E-state index contributed by atoms with van der Waals surface area (Å²) in [5.74, 6) is -3.27. The van der Waals surface area contributed by atoms with E-state index in [2.05, 4.69) is 0 Å². The van der Waals surface area contributed by atoms with Crippen molar-refractivity contribution in [1.82, 2.24) is 0 Å². The molecule has 0 amide bonds. The first-order valence-corrected chi connectivity index (χ1v) is 4.24. The predicted molar refractivity (Wildman–Crippen MR) is 53.2 cm³/mol. The van der Waals surface area contributed by atoms with Gasteiger partial charge in [-0.3, -0.25) is 4.79 Å². The minimum Gasteiger partial charge on any atom is -0.504 e. The summed E-state index contributed by atoms with van der Waals surface area (Å²) in [4.78, 5) is 21.7. The number of carboxylic acids is 1. The zero-order valence-corrected chi connectivity index (χ0v) is 8.68. The van der Waals surface area contributed by atoms with Crippen molar-refractivity contribution >= 4 is 11.8 Å². The number of carbonyl (C=O) groups excluding carboxylic acids is 1. The standard InChI is InChI=1S/C10H10O6/c1-15-6-4-3-5(8(12)10(13)14)7(11)9(6)16-2/h3-4,11H,1-2H3,(H,13,14). The molecular formula is C10H10O6. The topological polar surface area (TPSA) is 93.1 Å². The van der Waals surface area contributed by atoms with E-state index in [0.29, 0.717) is 0 Å². The van der Waals surface area contributed by atoms with Crippen molar-refractivity contribution in [2.24, 2.45) is 0 Å². The van der Waals surface area contributed by atoms with Gasteiger partial charge in [-0.05, 0) is 12.1 Å². The van der Waals surface area contributed by atoms with Gasteiger partial charge in [0.25, 0.3) is 5.78 Å². The number of hydrogen-bond donors (Lipinski definition) is 2. The molecular weight excluding hydrogens is 216 g/mol. The molecule has 0 atom stereocenters. The fourth-order valence-corrected chi connectivity index (χ4v) is 1.21. The molecule has 86 valence electrons. The highest BCUT2D eigenvalue weighted by molar-refractivity contribution is 6.40. The number of aliphatic carboxylic acids is 1. The van der Waals surface area contributed by atoms with E-state index >= 15 is 0 Å². The third-order valence-corrected chi connectivity index (χ3v) is 1.96. The Balaban J connectivity index is 3.34. The Bertz CT molecular complexity index is 437. The van der Waals surface area contributed by atoms with Crippen LogP contribution in [0.2, 0.25) is 0 Å². The second kappa shape index (κ2) is 4.52. The Labute approximate surface area is 91.0 Å². The van der Waals surface area contributed by atoms with Gasteiger partial charge in [-0.2, -0.15) is 0 Å². The number of Topliss-reactive ketones (excluding diaryl/α,β-unsaturated/α-hetero) is 1. The van der Waals surface area contributed by atoms with Crippen molar-refractivity contribution in [2.45, 2.75) is 0 Å². The Morgan fingerprint density at radius 3 is 2.25 bits per heavy atom. The van der Waals surface area contributed by atoms with Gasteiger partial charge in [-0.15, -0.1) is 0 Å². The predicted octanol–water partition coefficient (Wildman–Crippen LogP) is 0.677. The minimum absolute atomic E-state index is 0.0744. The van der Waals surface area contributed by atoms with E-state index in [4.69, 9.17) is 14.6 Å². The second-order valence-corrected chi connectivity index (χ2v) is 2.83. The molecule has 0 aliphatic carbocycles. The molecule has 0 aliphatic rings. The molecule has 16 heavy (non-hydrogen) atoms. The van der Waals surface area contributed by atoms with Gasteiger partial charge < -0.3 is 19.7 Å². The summed E-state index contributed by atoms with van der Waals surface area (Å²) in [6.45, 7) is 0. The molecule has 0 bridgehead atoms. The van der Waals surface area contributed by atoms with Crippen molar-refractivity contribution in [3.05, 3.63) is 17.7 Å². The summed E-state index contributed by atoms with van der Waals surface area (Å²) >= 11 is 0. The van der Waals surface area contributed by atoms with Crippen LogP contribution in [0.3, 0.4) is 0 Å². The monoisotopic (exact) mass is 226 g/mol. The molecule has 0 saturated heterocycles. The van der Waals surface area contributed by atoms with Gasteiger partial charge in [0.1, 0.15) is 0 Å². The number of phenols is 1. The quantitative estimate of drug-likeness (QED) is 0.579. The molecule has 0 heterocycles. The molecule has 1 aromatic rings. The Kier molecular flexibility index (Phi) is 3.34. The molecule has 6 nitrogen and oxygen atoms in total. The van der Waals surface area contributed by atoms with Crippen LogP contribution in [0.4, 0.5) is 0 Å². The summed E-state index contributed by atoms with van der Waals surface area (Å²) in [5, 5.41) is 18.1. The lowest BCUT2D eigenvalue weighted by molar-refractivity contribution is -0.131. The number of rotatable bonds is 4. The largest absolute Gasteiger partial charge is 0.504 e. The summed E-state index contributed by atoms with van der Waals surface area (Å²) in [6, 6.07) is 2.50. The van der Waals surface area contributed by atoms with E-state index < -0.39 is 17.5 Å². The lowest BCUT2D eigenvalue weighted by Gasteiger charge is -2.10. The molecule has 2 N–H and O–H groups in total. The fraction of sp³-hybridized carbons (Fsp3) is 0.200. The molecule has 1 rings (SSSR count). The number of phenolic OH excluding ortho intramolecular Hbond substituents is 1. The van der Waals surface area contributed by atoms with Gasteiger partial charge in [0.2, 0.25) is 5.75 Å². The van der Waals surface area contributed by atoms with Crippen LogP contribution < -0.4 is 9.47 Å². The van der Waals surface area contributed by atoms with E-state index in [9.17, 15) is 14.7 Å². The van der Waals surface area contributed by atoms with Gasteiger partial charge in [0.05, 0.1) is 19.8 Å². The third kappa shape index (κ3) is 1.90. The van der Waals surface area contributed by atoms with E-state index in [1.54, 1.807) is 0 Å². The van der Waals surface area contributed by atoms with E-state index in [1.165, 1.54) is 20.3 Å². The number of benzene rings is 1. The number of carboxylic acid groups (broad SMARTS) is 1. The number of ether oxygens (including phenoxy) is 2. The molecule has 0 radical (unpaired) electrons. The number of methoxy groups -OCH3 is 2. The maximum absolute atomic E-state index is 11.2. The van der Waals surface area contributed by atoms with Crippen molar-refractivity contribution in [3.63, 3.8) is 0 Å². The summed E-state index contributed by atoms with van der Waals surface area (Å²) in [5.41, 5.74) is -0.342. The average molecular weight is 226 g/mol. The van der Waals surface area contributed by atoms with Gasteiger partial charge in [0.15, 0.2) is 11.5 Å². The van der Waals surface area contributed by atoms with Crippen LogP contribution in [-0.4, -0.2) is 36.2 Å². The molecule has 0 saturated carbocycles. The highest BCUT2D eigenvalue weighted by Crippen LogP contribution is 2.38. The molecule has 0 fully saturated rings. The summed E-state index contributed by atoms with van der Waals surface area (Å²) in [7, 11) is 2.63. The average Bonchev–Trinajstić information content (AvgIpc) is 2.27. The Morgan fingerprint density at radius 1 is 1.19 bits per heavy atom. The molecule has 0 unspecified atom stereocenters. The second-order valence-electron chi connectivity index (χ2n) is 2.83. The van der Waals surface area contributed by atoms with Gasteiger partial charge in [-0.1, -0.05) is 0 Å². The fourth-order valence-electron chi connectivity index (χ4n) is 1.21. The molecule has 0 aliphatic heterocycles. The van der Waals surface area contributed by atoms with Crippen LogP contribution in [0.1, 0.15) is 10.4 Å². The molecule has 0 spiro atoms. The smallest absolute Gasteiger partial charge is 0.377 e. The normalized spacial score (nSPS) is 9.62. The highest BCUT2D eigenvalue weighted by atomic mass is 16.5. The lowest BCUT2D eigenvalue weighted by atomic mass is 10.1. The van der Waals surface area contributed by atoms with Crippen LogP contribution in [0.15, 0.2) is 12.1 Å². The van der Waals surface area contributed by atoms with Crippen LogP contribution in [0, 0.1) is 0 Å². The van der Waals surface area contributed by atoms with Crippen molar-refractivity contribution in [2.75, 3.05) is 14.2 Å². The molecule has 1 aromatic carbocycles. The zero-order chi connectivity index (χ0) is 12.3. The zero-order valence-electron chi connectivity index (χ0n) is 8.68. The Hall–Kier alpha value is -2.24. The van der Waals surface area contributed by atoms with E-state index in [0.717, 1.165) is 6.07 Å². The Morgan fingerprint density at radius 2 is 1.81 bits per heavy atom. The van der Waals surface area contributed by atoms with Crippen LogP contribution >= 0.6 is 0 Å². The van der Waals surface area contributed by atoms with Crippen LogP contribution in [-0.2, 0) is 4.79 Å². The number of hydrogen-bond acceptors (Lipinski definition) is 5. The highest BCUT2D eigenvalue weighted by Gasteiger charge is 2.23. The first-order valence-electron chi connectivity index (χ1n) is 4.24. The maximum atomic E-state index is 11.2. The molecule has 0 aromatic heterocycles. The summed E-state index contributed by atoms with van der Waals surface area (Å²) < 4.78 is 9.69.